The van der Waals surface area contributed by atoms with Crippen molar-refractivity contribution in [1.29, 1.82) is 5.41 Å². The van der Waals surface area contributed by atoms with E-state index in [0.29, 0.717) is 16.7 Å². The van der Waals surface area contributed by atoms with Crippen LogP contribution in [0.3, 0.4) is 0 Å². The van der Waals surface area contributed by atoms with Crippen LogP contribution in [0.4, 0.5) is 0 Å². The summed E-state index contributed by atoms with van der Waals surface area (Å²) in [5.74, 6) is -14.7. The fraction of sp³-hybridized carbons (Fsp3) is 0.407. The molecule has 1 aliphatic rings. The number of aromatic nitrogens is 2. The number of carbonyl (C=O) groups is 13. The maximum Gasteiger partial charge on any atom is 0.328 e. The third-order valence-electron chi connectivity index (χ3n) is 14.2. The Kier molecular flexibility index (Phi) is 28.6. The number of carboxylic acid groups (broad SMARTS) is 3. The van der Waals surface area contributed by atoms with Crippen molar-refractivity contribution in [1.82, 2.24) is 68.0 Å². The van der Waals surface area contributed by atoms with Gasteiger partial charge < -0.3 is 94.9 Å². The first-order valence-electron chi connectivity index (χ1n) is 29.1. The number of hydrogen-bond acceptors (Lipinski definition) is 17. The molecule has 1 saturated heterocycles. The summed E-state index contributed by atoms with van der Waals surface area (Å²) in [6.07, 6.45) is 0.314. The highest BCUT2D eigenvalue weighted by molar-refractivity contribution is 6.00. The van der Waals surface area contributed by atoms with Crippen molar-refractivity contribution in [2.45, 2.75) is 119 Å². The monoisotopic (exact) mass is 1280 g/mol. The number of likely N-dealkylation sites (tertiary alicyclic amines) is 1. The maximum atomic E-state index is 14.5. The van der Waals surface area contributed by atoms with E-state index in [4.69, 9.17) is 16.9 Å². The van der Waals surface area contributed by atoms with E-state index >= 15 is 0 Å². The van der Waals surface area contributed by atoms with Gasteiger partial charge in [0.05, 0.1) is 50.6 Å². The molecule has 494 valence electrons. The summed E-state index contributed by atoms with van der Waals surface area (Å²) < 4.78 is 0. The van der Waals surface area contributed by atoms with Crippen LogP contribution >= 0.6 is 0 Å². The lowest BCUT2D eigenvalue weighted by Gasteiger charge is -2.30. The van der Waals surface area contributed by atoms with Crippen molar-refractivity contribution in [3.05, 3.63) is 126 Å². The molecule has 3 aromatic carbocycles. The van der Waals surface area contributed by atoms with E-state index in [0.717, 1.165) is 4.90 Å². The molecule has 1 aliphatic heterocycles. The molecular formula is C59H76N16O17. The molecule has 10 amide bonds. The van der Waals surface area contributed by atoms with Crippen LogP contribution in [0.15, 0.2) is 104 Å². The van der Waals surface area contributed by atoms with Crippen LogP contribution in [0.2, 0.25) is 0 Å². The van der Waals surface area contributed by atoms with E-state index in [9.17, 15) is 82.8 Å². The number of benzene rings is 3. The highest BCUT2D eigenvalue weighted by atomic mass is 16.4. The van der Waals surface area contributed by atoms with E-state index in [2.05, 4.69) is 63.1 Å². The first-order chi connectivity index (χ1) is 43.9. The van der Waals surface area contributed by atoms with Crippen LogP contribution in [0.1, 0.15) is 60.9 Å². The summed E-state index contributed by atoms with van der Waals surface area (Å²) in [4.78, 5) is 181. The lowest BCUT2D eigenvalue weighted by molar-refractivity contribution is -0.147. The van der Waals surface area contributed by atoms with E-state index in [1.807, 2.05) is 0 Å². The predicted octanol–water partition coefficient (Wildman–Crippen LogP) is -5.09. The quantitative estimate of drug-likeness (QED) is 0.0114. The lowest BCUT2D eigenvalue weighted by Crippen LogP contribution is -2.60. The van der Waals surface area contributed by atoms with Gasteiger partial charge in [-0.2, -0.15) is 0 Å². The Morgan fingerprint density at radius 1 is 0.565 bits per heavy atom. The van der Waals surface area contributed by atoms with E-state index in [1.165, 1.54) is 12.5 Å². The molecular weight excluding hydrogens is 1200 g/mol. The van der Waals surface area contributed by atoms with E-state index in [-0.39, 0.29) is 76.1 Å². The van der Waals surface area contributed by atoms with Gasteiger partial charge in [-0.25, -0.2) is 9.78 Å². The Labute approximate surface area is 526 Å². The molecule has 0 unspecified atom stereocenters. The fourth-order valence-electron chi connectivity index (χ4n) is 9.56. The molecule has 0 aliphatic carbocycles. The second-order valence-corrected chi connectivity index (χ2v) is 21.3. The summed E-state index contributed by atoms with van der Waals surface area (Å²) in [5.41, 5.74) is 13.4. The van der Waals surface area contributed by atoms with Gasteiger partial charge in [-0.3, -0.25) is 62.9 Å². The zero-order chi connectivity index (χ0) is 67.3. The Bertz CT molecular complexity index is 3220. The number of nitrogens with two attached hydrogens (primary N) is 2. The van der Waals surface area contributed by atoms with Crippen LogP contribution < -0.4 is 64.6 Å². The van der Waals surface area contributed by atoms with Gasteiger partial charge in [0.15, 0.2) is 5.96 Å². The smallest absolute Gasteiger partial charge is 0.328 e. The number of carboxylic acids is 3. The normalized spacial score (nSPS) is 15.1. The Morgan fingerprint density at radius 3 is 1.60 bits per heavy atom. The average Bonchev–Trinajstić information content (AvgIpc) is 1.78. The number of H-pyrrole nitrogens is 1. The molecule has 0 bridgehead atoms. The molecule has 4 aromatic rings. The van der Waals surface area contributed by atoms with Crippen LogP contribution in [0.25, 0.3) is 0 Å². The number of nitrogens with one attached hydrogen (secondary N) is 12. The van der Waals surface area contributed by atoms with Crippen LogP contribution in [-0.4, -0.2) is 205 Å². The summed E-state index contributed by atoms with van der Waals surface area (Å²) in [7, 11) is 0. The number of aliphatic hydroxyl groups is 1. The minimum atomic E-state index is -1.89. The first kappa shape index (κ1) is 71.9. The van der Waals surface area contributed by atoms with Crippen molar-refractivity contribution in [3.8, 4) is 0 Å². The largest absolute Gasteiger partial charge is 0.481 e. The topological polar surface area (TPSA) is 531 Å². The van der Waals surface area contributed by atoms with Gasteiger partial charge in [0.1, 0.15) is 48.3 Å². The molecule has 1 aromatic heterocycles. The summed E-state index contributed by atoms with van der Waals surface area (Å²) in [5, 5.41) is 69.9. The second-order valence-electron chi connectivity index (χ2n) is 21.3. The average molecular weight is 1280 g/mol. The molecule has 92 heavy (non-hydrogen) atoms. The van der Waals surface area contributed by atoms with Crippen molar-refractivity contribution in [2.75, 3.05) is 32.8 Å². The van der Waals surface area contributed by atoms with Gasteiger partial charge >= 0.3 is 17.9 Å². The third kappa shape index (κ3) is 24.3. The standard InChI is InChI=1S/C59H76N16O17/c60-37(22-33-12-4-1-5-13-33)50(83)70-42(26-48(79)80)55(88)73-43(27-49(81)82)57(90)75-21-11-19-45(75)56(89)72-40(24-35-16-8-3-9-17-35)53(86)71-39(23-34-14-6-2-7-15-34)51(84)66-29-46(77)65-30-47(78)68-41(25-36-28-63-32-67-36)54(87)69-38(18-10-20-64-59(61)62)52(85)74-44(31-76)58(91)92/h1-9,12-17,28,32,37-45,76H,10-11,18-27,29-31,60H2,(H,63,67)(H,65,77)(H,66,84)(H,68,78)(H,69,87)(H,70,83)(H,71,86)(H,72,89)(H,73,88)(H,74,85)(H,79,80)(H,81,82)(H,91,92)(H4,61,62,64)/t37-,38-,39-,40-,41-,42-,43-,44-,45-/m0/s1. The number of imidazole rings is 1. The molecule has 2 heterocycles. The van der Waals surface area contributed by atoms with Gasteiger partial charge in [0, 0.05) is 38.5 Å². The van der Waals surface area contributed by atoms with Gasteiger partial charge in [-0.1, -0.05) is 91.0 Å². The van der Waals surface area contributed by atoms with E-state index in [1.54, 1.807) is 91.0 Å². The number of carbonyl (C=O) groups excluding carboxylic acids is 10. The molecule has 20 N–H and O–H groups in total. The number of aromatic amines is 1. The molecule has 1 fully saturated rings. The van der Waals surface area contributed by atoms with Crippen molar-refractivity contribution in [3.63, 3.8) is 0 Å². The Balaban J connectivity index is 1.27. The first-order valence-corrected chi connectivity index (χ1v) is 29.1. The molecule has 0 radical (unpaired) electrons. The number of guanidine groups is 1. The summed E-state index contributed by atoms with van der Waals surface area (Å²) >= 11 is 0. The number of hydrogen-bond donors (Lipinski definition) is 18. The molecule has 5 rings (SSSR count). The minimum absolute atomic E-state index is 0.0000950. The third-order valence-corrected chi connectivity index (χ3v) is 14.2. The number of aliphatic hydroxyl groups excluding tert-OH is 1. The van der Waals surface area contributed by atoms with Gasteiger partial charge in [0.2, 0.25) is 59.1 Å². The van der Waals surface area contributed by atoms with Crippen LogP contribution in [0.5, 0.6) is 0 Å². The van der Waals surface area contributed by atoms with Crippen LogP contribution in [-0.2, 0) is 88.0 Å². The molecule has 0 spiro atoms. The van der Waals surface area contributed by atoms with E-state index < -0.39 is 164 Å². The second kappa shape index (κ2) is 36.6. The highest BCUT2D eigenvalue weighted by Gasteiger charge is 2.41. The van der Waals surface area contributed by atoms with Gasteiger partial charge in [-0.05, 0) is 48.8 Å². The number of nitrogens with zero attached hydrogens (tertiary/aromatic N) is 2. The molecule has 33 nitrogen and oxygen atoms in total. The predicted molar refractivity (Wildman–Crippen MR) is 323 cm³/mol. The highest BCUT2D eigenvalue weighted by Crippen LogP contribution is 2.21. The van der Waals surface area contributed by atoms with Gasteiger partial charge in [0.25, 0.3) is 0 Å². The summed E-state index contributed by atoms with van der Waals surface area (Å²) in [6.45, 7) is -2.56. The SMILES string of the molecule is N=C(N)NCCC[C@H](NC(=O)[C@H](Cc1c[nH]cn1)NC(=O)CNC(=O)CNC(=O)[C@H](Cc1ccccc1)NC(=O)[C@H](Cc1ccccc1)NC(=O)[C@@H]1CCCN1C(=O)[C@H](CC(=O)O)NC(=O)[C@H](CC(=O)O)NC(=O)[C@@H](N)Cc1ccccc1)C(=O)N[C@@H](CO)C(=O)O. The Hall–Kier alpha value is -10.8. The van der Waals surface area contributed by atoms with Crippen LogP contribution in [0, 0.1) is 5.41 Å². The molecule has 9 atom stereocenters. The number of aliphatic carboxylic acids is 3. The number of amides is 10. The van der Waals surface area contributed by atoms with Crippen molar-refractivity contribution < 1.29 is 82.8 Å². The maximum absolute atomic E-state index is 14.5. The summed E-state index contributed by atoms with van der Waals surface area (Å²) in [6, 6.07) is 11.5. The molecule has 33 heteroatoms. The van der Waals surface area contributed by atoms with Crippen molar-refractivity contribution in [2.24, 2.45) is 11.5 Å². The lowest BCUT2D eigenvalue weighted by atomic mass is 10.0. The zero-order valence-corrected chi connectivity index (χ0v) is 49.8. The zero-order valence-electron chi connectivity index (χ0n) is 49.8. The fourth-order valence-corrected chi connectivity index (χ4v) is 9.56. The van der Waals surface area contributed by atoms with Gasteiger partial charge in [-0.15, -0.1) is 0 Å². The molecule has 0 saturated carbocycles. The minimum Gasteiger partial charge on any atom is -0.481 e. The Morgan fingerprint density at radius 2 is 1.05 bits per heavy atom. The van der Waals surface area contributed by atoms with Crippen molar-refractivity contribution >= 4 is 82.9 Å². The number of rotatable bonds is 37.